The van der Waals surface area contributed by atoms with Gasteiger partial charge in [0.25, 0.3) is 0 Å². The van der Waals surface area contributed by atoms with Gasteiger partial charge in [0.1, 0.15) is 0 Å². The summed E-state index contributed by atoms with van der Waals surface area (Å²) in [6, 6.07) is 11.2. The van der Waals surface area contributed by atoms with Crippen LogP contribution in [0.3, 0.4) is 0 Å². The molecule has 0 unspecified atom stereocenters. The van der Waals surface area contributed by atoms with Crippen molar-refractivity contribution >= 4 is 35.3 Å². The molecule has 0 atom stereocenters. The number of benzene rings is 2. The molecular formula is C16H14ClN3O4. The van der Waals surface area contributed by atoms with Gasteiger partial charge in [0.2, 0.25) is 0 Å². The Morgan fingerprint density at radius 3 is 2.67 bits per heavy atom. The number of hydrogen-bond donors (Lipinski definition) is 3. The monoisotopic (exact) mass is 347 g/mol. The highest BCUT2D eigenvalue weighted by molar-refractivity contribution is 6.39. The van der Waals surface area contributed by atoms with Crippen LogP contribution >= 0.6 is 11.6 Å². The molecule has 2 amide bonds. The Labute approximate surface area is 142 Å². The summed E-state index contributed by atoms with van der Waals surface area (Å²) in [5.74, 6) is -1.72. The van der Waals surface area contributed by atoms with Gasteiger partial charge in [-0.2, -0.15) is 5.10 Å². The third-order valence-electron chi connectivity index (χ3n) is 2.91. The van der Waals surface area contributed by atoms with Gasteiger partial charge < -0.3 is 15.2 Å². The smallest absolute Gasteiger partial charge is 0.329 e. The van der Waals surface area contributed by atoms with E-state index in [1.807, 2.05) is 0 Å². The van der Waals surface area contributed by atoms with Gasteiger partial charge in [0.15, 0.2) is 11.5 Å². The molecule has 0 aliphatic heterocycles. The minimum absolute atomic E-state index is 0.124. The number of aromatic hydroxyl groups is 1. The number of carbonyl (C=O) groups excluding carboxylic acids is 2. The molecule has 3 N–H and O–H groups in total. The van der Waals surface area contributed by atoms with Gasteiger partial charge >= 0.3 is 11.8 Å². The van der Waals surface area contributed by atoms with E-state index in [1.165, 1.54) is 19.4 Å². The molecule has 124 valence electrons. The molecular weight excluding hydrogens is 334 g/mol. The van der Waals surface area contributed by atoms with Crippen LogP contribution in [-0.2, 0) is 9.59 Å². The summed E-state index contributed by atoms with van der Waals surface area (Å²) in [6.07, 6.45) is 1.20. The number of nitrogens with zero attached hydrogens (tertiary/aromatic N) is 1. The maximum Gasteiger partial charge on any atom is 0.329 e. The Morgan fingerprint density at radius 2 is 1.96 bits per heavy atom. The van der Waals surface area contributed by atoms with Gasteiger partial charge in [-0.3, -0.25) is 9.59 Å². The van der Waals surface area contributed by atoms with E-state index in [4.69, 9.17) is 16.3 Å². The summed E-state index contributed by atoms with van der Waals surface area (Å²) in [5.41, 5.74) is 2.77. The number of rotatable bonds is 4. The third-order valence-corrected chi connectivity index (χ3v) is 3.14. The van der Waals surface area contributed by atoms with Crippen molar-refractivity contribution in [2.45, 2.75) is 0 Å². The molecule has 0 radical (unpaired) electrons. The van der Waals surface area contributed by atoms with Crippen molar-refractivity contribution in [1.29, 1.82) is 0 Å². The SMILES string of the molecule is COc1cccc(/C=N\NC(=O)C(=O)Nc2cccc(Cl)c2)c1O. The quantitative estimate of drug-likeness (QED) is 0.448. The van der Waals surface area contributed by atoms with E-state index in [0.29, 0.717) is 16.3 Å². The van der Waals surface area contributed by atoms with Crippen molar-refractivity contribution in [3.63, 3.8) is 0 Å². The number of nitrogens with one attached hydrogen (secondary N) is 2. The van der Waals surface area contributed by atoms with E-state index < -0.39 is 11.8 Å². The predicted molar refractivity (Wildman–Crippen MR) is 90.5 cm³/mol. The number of methoxy groups -OCH3 is 1. The number of amides is 2. The molecule has 8 heteroatoms. The molecule has 2 rings (SSSR count). The second-order valence-corrected chi connectivity index (χ2v) is 5.00. The van der Waals surface area contributed by atoms with Crippen LogP contribution in [0, 0.1) is 0 Å². The standard InChI is InChI=1S/C16H14ClN3O4/c1-24-13-7-2-4-10(14(13)21)9-18-20-16(23)15(22)19-12-6-3-5-11(17)8-12/h2-9,21H,1H3,(H,19,22)(H,20,23)/b18-9-. The number of phenols is 1. The van der Waals surface area contributed by atoms with Crippen LogP contribution in [-0.4, -0.2) is 30.2 Å². The minimum Gasteiger partial charge on any atom is -0.504 e. The van der Waals surface area contributed by atoms with Crippen molar-refractivity contribution in [3.05, 3.63) is 53.1 Å². The van der Waals surface area contributed by atoms with Crippen molar-refractivity contribution < 1.29 is 19.4 Å². The average Bonchev–Trinajstić information content (AvgIpc) is 2.56. The van der Waals surface area contributed by atoms with E-state index in [9.17, 15) is 14.7 Å². The summed E-state index contributed by atoms with van der Waals surface area (Å²) in [7, 11) is 1.41. The Bertz CT molecular complexity index is 793. The number of ether oxygens (including phenoxy) is 1. The Balaban J connectivity index is 1.96. The molecule has 0 aliphatic carbocycles. The van der Waals surface area contributed by atoms with Crippen LogP contribution in [0.4, 0.5) is 5.69 Å². The van der Waals surface area contributed by atoms with Gasteiger partial charge in [0.05, 0.1) is 13.3 Å². The number of carbonyl (C=O) groups is 2. The zero-order valence-corrected chi connectivity index (χ0v) is 13.4. The molecule has 0 aromatic heterocycles. The lowest BCUT2D eigenvalue weighted by molar-refractivity contribution is -0.136. The molecule has 0 spiro atoms. The fraction of sp³-hybridized carbons (Fsp3) is 0.0625. The first-order chi connectivity index (χ1) is 11.5. The number of halogens is 1. The molecule has 2 aromatic carbocycles. The zero-order chi connectivity index (χ0) is 17.5. The summed E-state index contributed by atoms with van der Waals surface area (Å²) in [6.45, 7) is 0. The average molecular weight is 348 g/mol. The molecule has 7 nitrogen and oxygen atoms in total. The Morgan fingerprint density at radius 1 is 1.21 bits per heavy atom. The highest BCUT2D eigenvalue weighted by Crippen LogP contribution is 2.27. The maximum absolute atomic E-state index is 11.7. The zero-order valence-electron chi connectivity index (χ0n) is 12.6. The third kappa shape index (κ3) is 4.47. The molecule has 0 bridgehead atoms. The molecule has 24 heavy (non-hydrogen) atoms. The first-order valence-corrected chi connectivity index (χ1v) is 7.15. The predicted octanol–water partition coefficient (Wildman–Crippen LogP) is 2.14. The van der Waals surface area contributed by atoms with E-state index in [0.717, 1.165) is 0 Å². The molecule has 0 heterocycles. The lowest BCUT2D eigenvalue weighted by atomic mass is 10.2. The second kappa shape index (κ2) is 7.98. The number of anilines is 1. The first kappa shape index (κ1) is 17.3. The highest BCUT2D eigenvalue weighted by Gasteiger charge is 2.13. The van der Waals surface area contributed by atoms with Gasteiger partial charge in [-0.15, -0.1) is 0 Å². The lowest BCUT2D eigenvalue weighted by Gasteiger charge is -2.05. The summed E-state index contributed by atoms with van der Waals surface area (Å²) in [5, 5.41) is 16.3. The molecule has 0 fully saturated rings. The number of hydrogen-bond acceptors (Lipinski definition) is 5. The van der Waals surface area contributed by atoms with Gasteiger partial charge in [-0.1, -0.05) is 23.7 Å². The van der Waals surface area contributed by atoms with Crippen LogP contribution in [0.1, 0.15) is 5.56 Å². The fourth-order valence-corrected chi connectivity index (χ4v) is 1.96. The minimum atomic E-state index is -0.964. The van der Waals surface area contributed by atoms with Crippen LogP contribution in [0.25, 0.3) is 0 Å². The van der Waals surface area contributed by atoms with Crippen molar-refractivity contribution in [2.24, 2.45) is 5.10 Å². The van der Waals surface area contributed by atoms with Gasteiger partial charge in [-0.25, -0.2) is 5.43 Å². The number of phenolic OH excluding ortho intramolecular Hbond substituents is 1. The molecule has 0 aliphatic rings. The molecule has 2 aromatic rings. The molecule has 0 saturated carbocycles. The van der Waals surface area contributed by atoms with Crippen LogP contribution in [0.15, 0.2) is 47.6 Å². The van der Waals surface area contributed by atoms with E-state index in [2.05, 4.69) is 15.8 Å². The van der Waals surface area contributed by atoms with E-state index in [-0.39, 0.29) is 11.5 Å². The Kier molecular flexibility index (Phi) is 5.75. The van der Waals surface area contributed by atoms with Crippen LogP contribution in [0.2, 0.25) is 5.02 Å². The largest absolute Gasteiger partial charge is 0.504 e. The highest BCUT2D eigenvalue weighted by atomic mass is 35.5. The summed E-state index contributed by atoms with van der Waals surface area (Å²) >= 11 is 5.79. The Hall–Kier alpha value is -3.06. The van der Waals surface area contributed by atoms with E-state index >= 15 is 0 Å². The van der Waals surface area contributed by atoms with Crippen molar-refractivity contribution in [1.82, 2.24) is 5.43 Å². The number of para-hydroxylation sites is 1. The normalized spacial score (nSPS) is 10.4. The van der Waals surface area contributed by atoms with Gasteiger partial charge in [0, 0.05) is 16.3 Å². The number of hydrazone groups is 1. The fourth-order valence-electron chi connectivity index (χ4n) is 1.77. The van der Waals surface area contributed by atoms with Gasteiger partial charge in [-0.05, 0) is 30.3 Å². The van der Waals surface area contributed by atoms with Crippen molar-refractivity contribution in [2.75, 3.05) is 12.4 Å². The van der Waals surface area contributed by atoms with Crippen molar-refractivity contribution in [3.8, 4) is 11.5 Å². The molecule has 0 saturated heterocycles. The topological polar surface area (TPSA) is 100 Å². The second-order valence-electron chi connectivity index (χ2n) is 4.56. The summed E-state index contributed by atoms with van der Waals surface area (Å²) < 4.78 is 4.95. The van der Waals surface area contributed by atoms with Crippen LogP contribution in [0.5, 0.6) is 11.5 Å². The van der Waals surface area contributed by atoms with E-state index in [1.54, 1.807) is 36.4 Å². The lowest BCUT2D eigenvalue weighted by Crippen LogP contribution is -2.32. The van der Waals surface area contributed by atoms with Crippen LogP contribution < -0.4 is 15.5 Å². The maximum atomic E-state index is 11.7. The summed E-state index contributed by atoms with van der Waals surface area (Å²) in [4.78, 5) is 23.4. The first-order valence-electron chi connectivity index (χ1n) is 6.77.